The zero-order valence-corrected chi connectivity index (χ0v) is 15.8. The first-order chi connectivity index (χ1) is 13.5. The molecular formula is C21H16ClN3O3. The molecule has 7 heteroatoms. The molecule has 1 fully saturated rings. The normalized spacial score (nSPS) is 21.4. The van der Waals surface area contributed by atoms with E-state index >= 15 is 0 Å². The second-order valence-corrected chi connectivity index (χ2v) is 7.40. The third kappa shape index (κ3) is 2.12. The maximum atomic E-state index is 13.8. The second kappa shape index (κ2) is 5.94. The summed E-state index contributed by atoms with van der Waals surface area (Å²) >= 11 is 6.21. The summed E-state index contributed by atoms with van der Waals surface area (Å²) in [6.45, 7) is 0.333. The molecule has 2 aliphatic heterocycles. The Hall–Kier alpha value is -3.12. The fourth-order valence-corrected chi connectivity index (χ4v) is 4.36. The summed E-state index contributed by atoms with van der Waals surface area (Å²) in [7, 11) is 1.65. The summed E-state index contributed by atoms with van der Waals surface area (Å²) < 4.78 is 5.73. The standard InChI is InChI=1S/C21H16ClN3O3/c1-24-20(27)25(17-12-23-11-13-4-2-3-5-15(13)17)19(26)21(24)8-9-28-18-7-6-14(22)10-16(18)21/h2-7,10-12H,8-9H2,1H3. The number of rotatable bonds is 1. The number of aromatic nitrogens is 1. The van der Waals surface area contributed by atoms with Crippen LogP contribution >= 0.6 is 11.6 Å². The molecule has 140 valence electrons. The van der Waals surface area contributed by atoms with Crippen molar-refractivity contribution in [1.82, 2.24) is 9.88 Å². The van der Waals surface area contributed by atoms with Gasteiger partial charge < -0.3 is 9.64 Å². The number of imide groups is 1. The summed E-state index contributed by atoms with van der Waals surface area (Å²) in [6.07, 6.45) is 3.63. The minimum absolute atomic E-state index is 0.315. The van der Waals surface area contributed by atoms with Crippen LogP contribution in [0.15, 0.2) is 54.9 Å². The molecule has 28 heavy (non-hydrogen) atoms. The van der Waals surface area contributed by atoms with Crippen LogP contribution in [0.1, 0.15) is 12.0 Å². The largest absolute Gasteiger partial charge is 0.493 e. The van der Waals surface area contributed by atoms with Crippen molar-refractivity contribution in [2.24, 2.45) is 0 Å². The molecule has 1 saturated heterocycles. The average molecular weight is 394 g/mol. The highest BCUT2D eigenvalue weighted by atomic mass is 35.5. The lowest BCUT2D eigenvalue weighted by Gasteiger charge is -2.37. The first-order valence-corrected chi connectivity index (χ1v) is 9.30. The Morgan fingerprint density at radius 3 is 2.82 bits per heavy atom. The number of carbonyl (C=O) groups excluding carboxylic acids is 2. The lowest BCUT2D eigenvalue weighted by atomic mass is 9.83. The zero-order valence-electron chi connectivity index (χ0n) is 15.1. The molecule has 0 aliphatic carbocycles. The summed E-state index contributed by atoms with van der Waals surface area (Å²) in [5.41, 5.74) is -0.0540. The Balaban J connectivity index is 1.73. The van der Waals surface area contributed by atoms with E-state index in [0.29, 0.717) is 35.1 Å². The smallest absolute Gasteiger partial charge is 0.332 e. The van der Waals surface area contributed by atoms with Crippen LogP contribution in [0.2, 0.25) is 5.02 Å². The van der Waals surface area contributed by atoms with Crippen molar-refractivity contribution in [3.63, 3.8) is 0 Å². The van der Waals surface area contributed by atoms with Crippen LogP contribution in [0, 0.1) is 0 Å². The fraction of sp³-hybridized carbons (Fsp3) is 0.190. The lowest BCUT2D eigenvalue weighted by Crippen LogP contribution is -2.48. The van der Waals surface area contributed by atoms with Crippen molar-refractivity contribution in [2.75, 3.05) is 18.6 Å². The molecule has 0 radical (unpaired) electrons. The van der Waals surface area contributed by atoms with Crippen LogP contribution in [0.3, 0.4) is 0 Å². The van der Waals surface area contributed by atoms with Gasteiger partial charge >= 0.3 is 6.03 Å². The van der Waals surface area contributed by atoms with Gasteiger partial charge in [0.25, 0.3) is 5.91 Å². The molecule has 1 aromatic heterocycles. The Morgan fingerprint density at radius 2 is 1.96 bits per heavy atom. The van der Waals surface area contributed by atoms with Gasteiger partial charge in [-0.25, -0.2) is 9.69 Å². The number of anilines is 1. The highest BCUT2D eigenvalue weighted by Gasteiger charge is 2.59. The Morgan fingerprint density at radius 1 is 1.14 bits per heavy atom. The van der Waals surface area contributed by atoms with Gasteiger partial charge in [-0.15, -0.1) is 0 Å². The number of benzene rings is 2. The monoisotopic (exact) mass is 393 g/mol. The molecule has 3 amide bonds. The quantitative estimate of drug-likeness (QED) is 0.587. The van der Waals surface area contributed by atoms with Gasteiger partial charge in [0.1, 0.15) is 5.75 Å². The number of pyridine rings is 1. The number of ether oxygens (including phenoxy) is 1. The number of nitrogens with zero attached hydrogens (tertiary/aromatic N) is 3. The molecule has 1 unspecified atom stereocenters. The van der Waals surface area contributed by atoms with Gasteiger partial charge in [-0.2, -0.15) is 0 Å². The van der Waals surface area contributed by atoms with Gasteiger partial charge in [-0.3, -0.25) is 9.78 Å². The minimum Gasteiger partial charge on any atom is -0.493 e. The van der Waals surface area contributed by atoms with E-state index in [1.165, 1.54) is 9.80 Å². The molecule has 0 bridgehead atoms. The molecule has 1 atom stereocenters. The Labute approximate surface area is 166 Å². The van der Waals surface area contributed by atoms with Crippen molar-refractivity contribution >= 4 is 40.0 Å². The number of hydrogen-bond acceptors (Lipinski definition) is 4. The number of hydrogen-bond donors (Lipinski definition) is 0. The summed E-state index contributed by atoms with van der Waals surface area (Å²) in [4.78, 5) is 34.0. The van der Waals surface area contributed by atoms with Gasteiger partial charge in [0.15, 0.2) is 5.54 Å². The Kier molecular flexibility index (Phi) is 3.61. The summed E-state index contributed by atoms with van der Waals surface area (Å²) in [5, 5.41) is 2.14. The van der Waals surface area contributed by atoms with Crippen LogP contribution < -0.4 is 9.64 Å². The Bertz CT molecular complexity index is 1140. The van der Waals surface area contributed by atoms with E-state index in [2.05, 4.69) is 4.98 Å². The highest BCUT2D eigenvalue weighted by Crippen LogP contribution is 2.48. The van der Waals surface area contributed by atoms with Crippen LogP contribution in [0.5, 0.6) is 5.75 Å². The maximum Gasteiger partial charge on any atom is 0.332 e. The van der Waals surface area contributed by atoms with E-state index in [0.717, 1.165) is 10.8 Å². The van der Waals surface area contributed by atoms with Crippen LogP contribution in [-0.2, 0) is 10.3 Å². The average Bonchev–Trinajstić information content (AvgIpc) is 2.90. The van der Waals surface area contributed by atoms with Gasteiger partial charge in [-0.05, 0) is 18.2 Å². The number of likely N-dealkylation sites (N-methyl/N-ethyl adjacent to an activating group) is 1. The van der Waals surface area contributed by atoms with E-state index < -0.39 is 11.6 Å². The third-order valence-corrected chi connectivity index (χ3v) is 5.84. The first-order valence-electron chi connectivity index (χ1n) is 8.92. The number of urea groups is 1. The molecular weight excluding hydrogens is 378 g/mol. The molecule has 3 heterocycles. The van der Waals surface area contributed by atoms with E-state index in [1.54, 1.807) is 37.6 Å². The van der Waals surface area contributed by atoms with Crippen LogP contribution in [0.4, 0.5) is 10.5 Å². The predicted molar refractivity (Wildman–Crippen MR) is 106 cm³/mol. The van der Waals surface area contributed by atoms with E-state index in [9.17, 15) is 9.59 Å². The fourth-order valence-electron chi connectivity index (χ4n) is 4.18. The molecule has 1 spiro atoms. The number of amides is 3. The van der Waals surface area contributed by atoms with E-state index in [1.807, 2.05) is 24.3 Å². The molecule has 6 nitrogen and oxygen atoms in total. The molecule has 3 aromatic rings. The minimum atomic E-state index is -1.15. The number of halogens is 1. The first kappa shape index (κ1) is 17.0. The van der Waals surface area contributed by atoms with Crippen molar-refractivity contribution in [3.8, 4) is 5.75 Å². The van der Waals surface area contributed by atoms with Crippen LogP contribution in [-0.4, -0.2) is 35.5 Å². The SMILES string of the molecule is CN1C(=O)N(c2cncc3ccccc23)C(=O)C12CCOc1ccc(Cl)cc12. The highest BCUT2D eigenvalue weighted by molar-refractivity contribution is 6.31. The van der Waals surface area contributed by atoms with E-state index in [4.69, 9.17) is 16.3 Å². The molecule has 2 aromatic carbocycles. The van der Waals surface area contributed by atoms with Crippen molar-refractivity contribution in [1.29, 1.82) is 0 Å². The second-order valence-electron chi connectivity index (χ2n) is 6.96. The molecule has 0 saturated carbocycles. The summed E-state index contributed by atoms with van der Waals surface area (Å²) in [6, 6.07) is 12.3. The lowest BCUT2D eigenvalue weighted by molar-refractivity contribution is -0.126. The number of carbonyl (C=O) groups is 2. The maximum absolute atomic E-state index is 13.8. The molecule has 2 aliphatic rings. The number of fused-ring (bicyclic) bond motifs is 3. The van der Waals surface area contributed by atoms with Gasteiger partial charge in [0.05, 0.1) is 18.5 Å². The third-order valence-electron chi connectivity index (χ3n) is 5.60. The molecule has 5 rings (SSSR count). The zero-order chi connectivity index (χ0) is 19.5. The van der Waals surface area contributed by atoms with Gasteiger partial charge in [0.2, 0.25) is 0 Å². The van der Waals surface area contributed by atoms with Gasteiger partial charge in [-0.1, -0.05) is 35.9 Å². The van der Waals surface area contributed by atoms with Crippen molar-refractivity contribution in [3.05, 3.63) is 65.4 Å². The van der Waals surface area contributed by atoms with Crippen LogP contribution in [0.25, 0.3) is 10.8 Å². The predicted octanol–water partition coefficient (Wildman–Crippen LogP) is 3.96. The van der Waals surface area contributed by atoms with Gasteiger partial charge in [0, 0.05) is 41.0 Å². The molecule has 0 N–H and O–H groups in total. The topological polar surface area (TPSA) is 62.7 Å². The van der Waals surface area contributed by atoms with Crippen molar-refractivity contribution < 1.29 is 14.3 Å². The summed E-state index contributed by atoms with van der Waals surface area (Å²) in [5.74, 6) is 0.256. The van der Waals surface area contributed by atoms with Crippen molar-refractivity contribution in [2.45, 2.75) is 12.0 Å². The van der Waals surface area contributed by atoms with E-state index in [-0.39, 0.29) is 5.91 Å².